The molecule has 0 amide bonds. The lowest BCUT2D eigenvalue weighted by Crippen LogP contribution is -2.23. The second-order valence-corrected chi connectivity index (χ2v) is 11.0. The van der Waals surface area contributed by atoms with E-state index in [1.54, 1.807) is 12.1 Å². The maximum atomic E-state index is 10.6. The summed E-state index contributed by atoms with van der Waals surface area (Å²) in [5.41, 5.74) is 7.79. The van der Waals surface area contributed by atoms with Crippen molar-refractivity contribution in [2.45, 2.75) is 38.5 Å². The maximum Gasteiger partial charge on any atom is 0.123 e. The highest BCUT2D eigenvalue weighted by Crippen LogP contribution is 2.41. The predicted molar refractivity (Wildman–Crippen MR) is 158 cm³/mol. The van der Waals surface area contributed by atoms with Gasteiger partial charge in [0, 0.05) is 22.0 Å². The molecule has 2 N–H and O–H groups in total. The second-order valence-electron chi connectivity index (χ2n) is 11.0. The molecule has 0 unspecified atom stereocenters. The van der Waals surface area contributed by atoms with Crippen LogP contribution in [0, 0.1) is 0 Å². The van der Waals surface area contributed by atoms with Crippen molar-refractivity contribution in [3.05, 3.63) is 144 Å². The van der Waals surface area contributed by atoms with E-state index in [1.807, 2.05) is 72.8 Å². The summed E-state index contributed by atoms with van der Waals surface area (Å²) in [6.07, 6.45) is 0. The van der Waals surface area contributed by atoms with E-state index in [-0.39, 0.29) is 22.3 Å². The van der Waals surface area contributed by atoms with Crippen molar-refractivity contribution >= 4 is 0 Å². The molecule has 2 heteroatoms. The lowest BCUT2D eigenvalue weighted by atomic mass is 9.73. The molecule has 0 fully saturated rings. The molecule has 0 aromatic heterocycles. The van der Waals surface area contributed by atoms with Crippen LogP contribution in [-0.4, -0.2) is 10.2 Å². The molecule has 5 rings (SSSR count). The summed E-state index contributed by atoms with van der Waals surface area (Å²) in [5, 5.41) is 21.2. The molecule has 0 bridgehead atoms. The summed E-state index contributed by atoms with van der Waals surface area (Å²) in [6.45, 7) is 8.92. The van der Waals surface area contributed by atoms with Gasteiger partial charge >= 0.3 is 0 Å². The van der Waals surface area contributed by atoms with Gasteiger partial charge in [0.2, 0.25) is 0 Å². The molecule has 0 spiro atoms. The van der Waals surface area contributed by atoms with Crippen molar-refractivity contribution in [1.82, 2.24) is 0 Å². The Morgan fingerprint density at radius 1 is 0.395 bits per heavy atom. The van der Waals surface area contributed by atoms with Crippen molar-refractivity contribution in [1.29, 1.82) is 0 Å². The van der Waals surface area contributed by atoms with Crippen LogP contribution in [-0.2, 0) is 10.8 Å². The third kappa shape index (κ3) is 4.70. The van der Waals surface area contributed by atoms with Crippen LogP contribution in [0.2, 0.25) is 0 Å². The van der Waals surface area contributed by atoms with Gasteiger partial charge < -0.3 is 10.2 Å². The van der Waals surface area contributed by atoms with Crippen molar-refractivity contribution in [2.24, 2.45) is 0 Å². The standard InChI is InChI=1S/C36H34O2/c1-35(2,29-18-20-33(37)31(23-29)25-12-7-5-8-13-25)27-16-11-17-28(22-27)36(3,4)30-19-21-34(38)32(24-30)26-14-9-6-10-15-26/h5-24,37-38H,1-4H3. The Bertz CT molecular complexity index is 1450. The van der Waals surface area contributed by atoms with Crippen LogP contribution in [0.4, 0.5) is 0 Å². The number of benzene rings is 5. The third-order valence-corrected chi connectivity index (χ3v) is 7.91. The Hall–Kier alpha value is -4.30. The molecular formula is C36H34O2. The summed E-state index contributed by atoms with van der Waals surface area (Å²) in [7, 11) is 0. The van der Waals surface area contributed by atoms with Crippen LogP contribution in [0.3, 0.4) is 0 Å². The molecule has 190 valence electrons. The minimum atomic E-state index is -0.284. The van der Waals surface area contributed by atoms with Gasteiger partial charge in [-0.2, -0.15) is 0 Å². The SMILES string of the molecule is CC(C)(c1cccc(C(C)(C)c2ccc(O)c(-c3ccccc3)c2)c1)c1ccc(O)c(-c2ccccc2)c1. The normalized spacial score (nSPS) is 11.9. The molecule has 5 aromatic carbocycles. The molecule has 2 nitrogen and oxygen atoms in total. The summed E-state index contributed by atoms with van der Waals surface area (Å²) in [4.78, 5) is 0. The Morgan fingerprint density at radius 2 is 0.763 bits per heavy atom. The van der Waals surface area contributed by atoms with Gasteiger partial charge in [-0.25, -0.2) is 0 Å². The summed E-state index contributed by atoms with van der Waals surface area (Å²) >= 11 is 0. The Labute approximate surface area is 225 Å². The number of hydrogen-bond acceptors (Lipinski definition) is 2. The van der Waals surface area contributed by atoms with Gasteiger partial charge in [-0.15, -0.1) is 0 Å². The number of phenolic OH excluding ortho intramolecular Hbond substituents is 2. The maximum absolute atomic E-state index is 10.6. The lowest BCUT2D eigenvalue weighted by Gasteiger charge is -2.31. The van der Waals surface area contributed by atoms with E-state index < -0.39 is 0 Å². The average Bonchev–Trinajstić information content (AvgIpc) is 2.94. The average molecular weight is 499 g/mol. The molecule has 0 radical (unpaired) electrons. The van der Waals surface area contributed by atoms with Gasteiger partial charge in [-0.1, -0.05) is 125 Å². The second kappa shape index (κ2) is 9.87. The fourth-order valence-electron chi connectivity index (χ4n) is 5.18. The zero-order chi connectivity index (χ0) is 26.9. The fourth-order valence-corrected chi connectivity index (χ4v) is 5.18. The molecule has 0 atom stereocenters. The number of phenols is 2. The van der Waals surface area contributed by atoms with Crippen LogP contribution in [0.5, 0.6) is 11.5 Å². The first-order chi connectivity index (χ1) is 18.2. The predicted octanol–water partition coefficient (Wildman–Crippen LogP) is 9.08. The van der Waals surface area contributed by atoms with Crippen molar-refractivity contribution < 1.29 is 10.2 Å². The van der Waals surface area contributed by atoms with E-state index in [4.69, 9.17) is 0 Å². The van der Waals surface area contributed by atoms with Crippen LogP contribution in [0.1, 0.15) is 49.9 Å². The molecule has 0 saturated carbocycles. The van der Waals surface area contributed by atoms with E-state index in [0.717, 1.165) is 33.4 Å². The monoisotopic (exact) mass is 498 g/mol. The van der Waals surface area contributed by atoms with Crippen LogP contribution in [0.15, 0.2) is 121 Å². The first kappa shape index (κ1) is 25.4. The van der Waals surface area contributed by atoms with E-state index in [1.165, 1.54) is 11.1 Å². The highest BCUT2D eigenvalue weighted by atomic mass is 16.3. The third-order valence-electron chi connectivity index (χ3n) is 7.91. The molecule has 0 aliphatic carbocycles. The van der Waals surface area contributed by atoms with E-state index >= 15 is 0 Å². The van der Waals surface area contributed by atoms with Gasteiger partial charge in [-0.05, 0) is 57.6 Å². The number of hydrogen-bond donors (Lipinski definition) is 2. The summed E-state index contributed by atoms with van der Waals surface area (Å²) < 4.78 is 0. The van der Waals surface area contributed by atoms with Gasteiger partial charge in [0.15, 0.2) is 0 Å². The summed E-state index contributed by atoms with van der Waals surface area (Å²) in [6, 6.07) is 40.7. The highest BCUT2D eigenvalue weighted by molar-refractivity contribution is 5.72. The van der Waals surface area contributed by atoms with Crippen molar-refractivity contribution in [2.75, 3.05) is 0 Å². The first-order valence-corrected chi connectivity index (χ1v) is 13.1. The molecular weight excluding hydrogens is 464 g/mol. The zero-order valence-electron chi connectivity index (χ0n) is 22.4. The largest absolute Gasteiger partial charge is 0.507 e. The fraction of sp³-hybridized carbons (Fsp3) is 0.167. The smallest absolute Gasteiger partial charge is 0.123 e. The summed E-state index contributed by atoms with van der Waals surface area (Å²) in [5.74, 6) is 0.569. The van der Waals surface area contributed by atoms with Crippen LogP contribution in [0.25, 0.3) is 22.3 Å². The molecule has 0 aliphatic rings. The minimum absolute atomic E-state index is 0.284. The van der Waals surface area contributed by atoms with Gasteiger partial charge in [0.1, 0.15) is 11.5 Å². The van der Waals surface area contributed by atoms with Crippen LogP contribution >= 0.6 is 0 Å². The molecule has 0 saturated heterocycles. The van der Waals surface area contributed by atoms with E-state index in [9.17, 15) is 10.2 Å². The molecule has 38 heavy (non-hydrogen) atoms. The van der Waals surface area contributed by atoms with Gasteiger partial charge in [-0.3, -0.25) is 0 Å². The molecule has 0 heterocycles. The number of aromatic hydroxyl groups is 2. The quantitative estimate of drug-likeness (QED) is 0.245. The lowest BCUT2D eigenvalue weighted by molar-refractivity contribution is 0.476. The molecule has 0 aliphatic heterocycles. The molecule has 5 aromatic rings. The Morgan fingerprint density at radius 3 is 1.16 bits per heavy atom. The Kier molecular flexibility index (Phi) is 6.59. The number of rotatable bonds is 6. The topological polar surface area (TPSA) is 40.5 Å². The minimum Gasteiger partial charge on any atom is -0.507 e. The van der Waals surface area contributed by atoms with Crippen molar-refractivity contribution in [3.63, 3.8) is 0 Å². The Balaban J connectivity index is 1.54. The van der Waals surface area contributed by atoms with E-state index in [2.05, 4.69) is 64.1 Å². The highest BCUT2D eigenvalue weighted by Gasteiger charge is 2.29. The van der Waals surface area contributed by atoms with Gasteiger partial charge in [0.05, 0.1) is 0 Å². The zero-order valence-corrected chi connectivity index (χ0v) is 22.4. The van der Waals surface area contributed by atoms with Crippen molar-refractivity contribution in [3.8, 4) is 33.8 Å². The van der Waals surface area contributed by atoms with Crippen LogP contribution < -0.4 is 0 Å². The van der Waals surface area contributed by atoms with E-state index in [0.29, 0.717) is 0 Å². The first-order valence-electron chi connectivity index (χ1n) is 13.1. The van der Waals surface area contributed by atoms with Gasteiger partial charge in [0.25, 0.3) is 0 Å².